The van der Waals surface area contributed by atoms with Crippen LogP contribution in [-0.4, -0.2) is 23.0 Å². The molecule has 1 aromatic rings. The third-order valence-corrected chi connectivity index (χ3v) is 6.29. The molecule has 2 fully saturated rings. The highest BCUT2D eigenvalue weighted by atomic mass is 32.1. The van der Waals surface area contributed by atoms with Gasteiger partial charge in [0.25, 0.3) is 0 Å². The van der Waals surface area contributed by atoms with E-state index in [1.54, 1.807) is 18.3 Å². The van der Waals surface area contributed by atoms with Crippen LogP contribution in [-0.2, 0) is 4.79 Å². The average molecular weight is 336 g/mol. The van der Waals surface area contributed by atoms with Crippen LogP contribution in [0.15, 0.2) is 5.38 Å². The van der Waals surface area contributed by atoms with E-state index in [4.69, 9.17) is 4.98 Å². The Morgan fingerprint density at radius 2 is 1.91 bits per heavy atom. The first-order valence-corrected chi connectivity index (χ1v) is 9.99. The van der Waals surface area contributed by atoms with Crippen LogP contribution in [0.1, 0.15) is 76.8 Å². The van der Waals surface area contributed by atoms with Crippen molar-refractivity contribution in [1.29, 1.82) is 0 Å². The lowest BCUT2D eigenvalue weighted by atomic mass is 9.84. The number of nitrogens with zero attached hydrogens (tertiary/aromatic N) is 1. The van der Waals surface area contributed by atoms with Gasteiger partial charge in [0.2, 0.25) is 5.91 Å². The summed E-state index contributed by atoms with van der Waals surface area (Å²) in [6, 6.07) is 0.960. The van der Waals surface area contributed by atoms with Crippen LogP contribution in [0.3, 0.4) is 0 Å². The van der Waals surface area contributed by atoms with Crippen molar-refractivity contribution in [3.63, 3.8) is 0 Å². The van der Waals surface area contributed by atoms with Crippen molar-refractivity contribution in [3.05, 3.63) is 11.1 Å². The van der Waals surface area contributed by atoms with Gasteiger partial charge in [-0.25, -0.2) is 4.98 Å². The Balaban J connectivity index is 1.52. The normalized spacial score (nSPS) is 31.6. The molecule has 2 saturated carbocycles. The van der Waals surface area contributed by atoms with Gasteiger partial charge in [0, 0.05) is 30.3 Å². The second kappa shape index (κ2) is 7.65. The molecular weight excluding hydrogens is 306 g/mol. The maximum atomic E-state index is 11.2. The minimum Gasteiger partial charge on any atom is -0.359 e. The number of hydrogen-bond acceptors (Lipinski definition) is 4. The number of amides is 1. The number of carbonyl (C=O) groups excluding carboxylic acids is 1. The van der Waals surface area contributed by atoms with E-state index in [-0.39, 0.29) is 5.91 Å². The van der Waals surface area contributed by atoms with Gasteiger partial charge < -0.3 is 10.6 Å². The first-order chi connectivity index (χ1) is 11.1. The van der Waals surface area contributed by atoms with Gasteiger partial charge in [-0.15, -0.1) is 11.3 Å². The van der Waals surface area contributed by atoms with E-state index in [1.165, 1.54) is 31.4 Å². The van der Waals surface area contributed by atoms with Gasteiger partial charge in [0.15, 0.2) is 5.13 Å². The number of thiazole rings is 1. The predicted octanol–water partition coefficient (Wildman–Crippen LogP) is 4.30. The maximum Gasteiger partial charge on any atom is 0.217 e. The summed E-state index contributed by atoms with van der Waals surface area (Å²) in [4.78, 5) is 16.0. The van der Waals surface area contributed by atoms with E-state index >= 15 is 0 Å². The highest BCUT2D eigenvalue weighted by Gasteiger charge is 2.26. The zero-order valence-corrected chi connectivity index (χ0v) is 15.1. The molecule has 0 spiro atoms. The Labute approximate surface area is 143 Å². The number of aromatic nitrogens is 1. The first-order valence-electron chi connectivity index (χ1n) is 9.11. The number of carbonyl (C=O) groups is 1. The molecule has 4 nitrogen and oxygen atoms in total. The van der Waals surface area contributed by atoms with Crippen LogP contribution in [0.4, 0.5) is 5.13 Å². The molecule has 2 aliphatic carbocycles. The minimum absolute atomic E-state index is 0.0928. The van der Waals surface area contributed by atoms with Crippen molar-refractivity contribution in [2.45, 2.75) is 83.2 Å². The van der Waals surface area contributed by atoms with Gasteiger partial charge in [-0.3, -0.25) is 4.79 Å². The van der Waals surface area contributed by atoms with Crippen molar-refractivity contribution in [1.82, 2.24) is 10.3 Å². The monoisotopic (exact) mass is 335 g/mol. The fourth-order valence-corrected chi connectivity index (χ4v) is 4.91. The Hall–Kier alpha value is -1.10. The predicted molar refractivity (Wildman–Crippen MR) is 96.0 cm³/mol. The summed E-state index contributed by atoms with van der Waals surface area (Å²) in [6.07, 6.45) is 9.74. The molecule has 0 radical (unpaired) electrons. The highest BCUT2D eigenvalue weighted by Crippen LogP contribution is 2.35. The number of hydrogen-bond donors (Lipinski definition) is 2. The highest BCUT2D eigenvalue weighted by molar-refractivity contribution is 7.13. The van der Waals surface area contributed by atoms with E-state index in [2.05, 4.69) is 22.9 Å². The lowest BCUT2D eigenvalue weighted by Gasteiger charge is -2.29. The van der Waals surface area contributed by atoms with Crippen molar-refractivity contribution >= 4 is 22.4 Å². The smallest absolute Gasteiger partial charge is 0.217 e. The molecule has 0 aliphatic heterocycles. The van der Waals surface area contributed by atoms with Crippen molar-refractivity contribution in [2.24, 2.45) is 5.92 Å². The van der Waals surface area contributed by atoms with Crippen LogP contribution in [0.5, 0.6) is 0 Å². The topological polar surface area (TPSA) is 54.0 Å². The van der Waals surface area contributed by atoms with Gasteiger partial charge in [0.05, 0.1) is 5.69 Å². The van der Waals surface area contributed by atoms with Crippen LogP contribution in [0.2, 0.25) is 0 Å². The van der Waals surface area contributed by atoms with Gasteiger partial charge >= 0.3 is 0 Å². The maximum absolute atomic E-state index is 11.2. The summed E-state index contributed by atoms with van der Waals surface area (Å²) in [5.74, 6) is 1.41. The number of anilines is 1. The molecule has 23 heavy (non-hydrogen) atoms. The third-order valence-electron chi connectivity index (χ3n) is 5.50. The summed E-state index contributed by atoms with van der Waals surface area (Å²) in [5, 5.41) is 10.1. The molecule has 2 unspecified atom stereocenters. The fraction of sp³-hybridized carbons (Fsp3) is 0.778. The molecule has 3 rings (SSSR count). The van der Waals surface area contributed by atoms with E-state index in [9.17, 15) is 4.79 Å². The van der Waals surface area contributed by atoms with Crippen LogP contribution < -0.4 is 10.6 Å². The number of nitrogens with one attached hydrogen (secondary N) is 2. The second-order valence-electron chi connectivity index (χ2n) is 7.34. The van der Waals surface area contributed by atoms with Gasteiger partial charge in [-0.2, -0.15) is 0 Å². The Morgan fingerprint density at radius 3 is 2.61 bits per heavy atom. The summed E-state index contributed by atoms with van der Waals surface area (Å²) >= 11 is 1.76. The quantitative estimate of drug-likeness (QED) is 0.863. The molecule has 0 saturated heterocycles. The lowest BCUT2D eigenvalue weighted by molar-refractivity contribution is -0.119. The molecule has 1 amide bonds. The average Bonchev–Trinajstić information content (AvgIpc) is 2.98. The van der Waals surface area contributed by atoms with Crippen LogP contribution >= 0.6 is 11.3 Å². The Bertz CT molecular complexity index is 522. The lowest BCUT2D eigenvalue weighted by Crippen LogP contribution is -2.35. The zero-order valence-electron chi connectivity index (χ0n) is 14.3. The first kappa shape index (κ1) is 16.7. The van der Waals surface area contributed by atoms with Gasteiger partial charge in [-0.1, -0.05) is 19.8 Å². The van der Waals surface area contributed by atoms with Crippen molar-refractivity contribution < 1.29 is 4.79 Å². The zero-order chi connectivity index (χ0) is 16.2. The summed E-state index contributed by atoms with van der Waals surface area (Å²) in [7, 11) is 0. The molecule has 5 heteroatoms. The molecule has 128 valence electrons. The van der Waals surface area contributed by atoms with E-state index in [0.717, 1.165) is 36.7 Å². The standard InChI is InChI=1S/C18H29N3OS/c1-12-5-3-4-6-16(12)20-18-21-17(11-23-18)14-7-9-15(10-8-14)19-13(2)22/h11-12,14-16H,3-10H2,1-2H3,(H,19,22)(H,20,21). The molecule has 1 heterocycles. The van der Waals surface area contributed by atoms with Crippen LogP contribution in [0.25, 0.3) is 0 Å². The van der Waals surface area contributed by atoms with E-state index < -0.39 is 0 Å². The summed E-state index contributed by atoms with van der Waals surface area (Å²) < 4.78 is 0. The molecular formula is C18H29N3OS. The van der Waals surface area contributed by atoms with E-state index in [0.29, 0.717) is 18.0 Å². The molecule has 2 N–H and O–H groups in total. The fourth-order valence-electron chi connectivity index (χ4n) is 4.05. The largest absolute Gasteiger partial charge is 0.359 e. The molecule has 2 atom stereocenters. The molecule has 2 aliphatic rings. The Morgan fingerprint density at radius 1 is 1.17 bits per heavy atom. The number of rotatable bonds is 4. The Kier molecular flexibility index (Phi) is 5.57. The van der Waals surface area contributed by atoms with Gasteiger partial charge in [-0.05, 0) is 44.4 Å². The van der Waals surface area contributed by atoms with Crippen molar-refractivity contribution in [2.75, 3.05) is 5.32 Å². The van der Waals surface area contributed by atoms with Crippen molar-refractivity contribution in [3.8, 4) is 0 Å². The summed E-state index contributed by atoms with van der Waals surface area (Å²) in [6.45, 7) is 3.96. The molecule has 0 aromatic carbocycles. The SMILES string of the molecule is CC(=O)NC1CCC(c2csc(NC3CCCCC3C)n2)CC1. The molecule has 0 bridgehead atoms. The minimum atomic E-state index is 0.0928. The van der Waals surface area contributed by atoms with Gasteiger partial charge in [0.1, 0.15) is 0 Å². The summed E-state index contributed by atoms with van der Waals surface area (Å²) in [5.41, 5.74) is 1.25. The van der Waals surface area contributed by atoms with Crippen LogP contribution in [0, 0.1) is 5.92 Å². The second-order valence-corrected chi connectivity index (χ2v) is 8.20. The third kappa shape index (κ3) is 4.46. The van der Waals surface area contributed by atoms with E-state index in [1.807, 2.05) is 0 Å². The molecule has 1 aromatic heterocycles.